The standard InChI is InChI=1S/C14H17BrO2/c1-3-11(6-5-9-14(16)17-2)12-7-4-8-13(15)10-12/h4,6-8,10H,3,5,9H2,1-2H3/b11-6+. The summed E-state index contributed by atoms with van der Waals surface area (Å²) in [5, 5.41) is 0. The van der Waals surface area contributed by atoms with Gasteiger partial charge in [-0.1, -0.05) is 41.1 Å². The van der Waals surface area contributed by atoms with Gasteiger partial charge in [0.05, 0.1) is 7.11 Å². The number of rotatable bonds is 5. The second-order valence-corrected chi connectivity index (χ2v) is 4.62. The Balaban J connectivity index is 2.71. The van der Waals surface area contributed by atoms with E-state index in [1.807, 2.05) is 12.1 Å². The summed E-state index contributed by atoms with van der Waals surface area (Å²) in [6.07, 6.45) is 4.23. The number of hydrogen-bond donors (Lipinski definition) is 0. The van der Waals surface area contributed by atoms with Crippen LogP contribution >= 0.6 is 15.9 Å². The van der Waals surface area contributed by atoms with Gasteiger partial charge in [0, 0.05) is 10.9 Å². The van der Waals surface area contributed by atoms with Gasteiger partial charge >= 0.3 is 5.97 Å². The molecule has 3 heteroatoms. The third kappa shape index (κ3) is 4.73. The molecule has 0 saturated heterocycles. The Morgan fingerprint density at radius 2 is 2.24 bits per heavy atom. The summed E-state index contributed by atoms with van der Waals surface area (Å²) in [7, 11) is 1.42. The molecule has 0 saturated carbocycles. The van der Waals surface area contributed by atoms with Gasteiger partial charge in [-0.05, 0) is 36.1 Å². The molecule has 0 aliphatic carbocycles. The Hall–Kier alpha value is -1.09. The maximum atomic E-state index is 11.0. The first-order valence-electron chi connectivity index (χ1n) is 5.69. The smallest absolute Gasteiger partial charge is 0.305 e. The third-order valence-electron chi connectivity index (χ3n) is 2.54. The molecule has 0 fully saturated rings. The van der Waals surface area contributed by atoms with Gasteiger partial charge in [0.25, 0.3) is 0 Å². The van der Waals surface area contributed by atoms with Crippen molar-refractivity contribution in [3.8, 4) is 0 Å². The van der Waals surface area contributed by atoms with Crippen molar-refractivity contribution in [1.82, 2.24) is 0 Å². The van der Waals surface area contributed by atoms with Gasteiger partial charge in [-0.25, -0.2) is 0 Å². The maximum Gasteiger partial charge on any atom is 0.305 e. The number of halogens is 1. The predicted octanol–water partition coefficient (Wildman–Crippen LogP) is 4.20. The molecule has 0 spiro atoms. The van der Waals surface area contributed by atoms with Crippen LogP contribution in [0, 0.1) is 0 Å². The Kier molecular flexibility index (Phi) is 5.98. The highest BCUT2D eigenvalue weighted by atomic mass is 79.9. The van der Waals surface area contributed by atoms with Crippen LogP contribution in [0.1, 0.15) is 31.7 Å². The van der Waals surface area contributed by atoms with Crippen molar-refractivity contribution in [3.63, 3.8) is 0 Å². The van der Waals surface area contributed by atoms with E-state index in [1.54, 1.807) is 0 Å². The second-order valence-electron chi connectivity index (χ2n) is 3.71. The molecule has 2 nitrogen and oxygen atoms in total. The van der Waals surface area contributed by atoms with Crippen LogP contribution in [0.5, 0.6) is 0 Å². The number of carbonyl (C=O) groups is 1. The highest BCUT2D eigenvalue weighted by Crippen LogP contribution is 2.22. The molecule has 0 aliphatic rings. The number of allylic oxidation sites excluding steroid dienone is 2. The lowest BCUT2D eigenvalue weighted by Gasteiger charge is -2.05. The first-order chi connectivity index (χ1) is 8.17. The first kappa shape index (κ1) is 14.0. The Bertz CT molecular complexity index is 410. The molecular formula is C14H17BrO2. The van der Waals surface area contributed by atoms with Gasteiger partial charge in [-0.3, -0.25) is 4.79 Å². The fraction of sp³-hybridized carbons (Fsp3) is 0.357. The Morgan fingerprint density at radius 1 is 1.47 bits per heavy atom. The molecule has 0 radical (unpaired) electrons. The highest BCUT2D eigenvalue weighted by molar-refractivity contribution is 9.10. The van der Waals surface area contributed by atoms with Crippen LogP contribution < -0.4 is 0 Å². The van der Waals surface area contributed by atoms with E-state index in [9.17, 15) is 4.79 Å². The van der Waals surface area contributed by atoms with Crippen LogP contribution in [0.2, 0.25) is 0 Å². The number of hydrogen-bond acceptors (Lipinski definition) is 2. The van der Waals surface area contributed by atoms with E-state index in [2.05, 4.69) is 45.8 Å². The normalized spacial score (nSPS) is 11.4. The van der Waals surface area contributed by atoms with E-state index < -0.39 is 0 Å². The number of ether oxygens (including phenoxy) is 1. The quantitative estimate of drug-likeness (QED) is 0.761. The molecule has 0 amide bonds. The van der Waals surface area contributed by atoms with Crippen LogP contribution in [0.4, 0.5) is 0 Å². The average molecular weight is 297 g/mol. The van der Waals surface area contributed by atoms with E-state index in [0.29, 0.717) is 6.42 Å². The van der Waals surface area contributed by atoms with E-state index in [4.69, 9.17) is 0 Å². The summed E-state index contributed by atoms with van der Waals surface area (Å²) in [5.74, 6) is -0.161. The minimum absolute atomic E-state index is 0.161. The monoisotopic (exact) mass is 296 g/mol. The van der Waals surface area contributed by atoms with E-state index in [1.165, 1.54) is 18.2 Å². The zero-order valence-electron chi connectivity index (χ0n) is 10.2. The molecule has 0 atom stereocenters. The van der Waals surface area contributed by atoms with Crippen LogP contribution in [-0.2, 0) is 9.53 Å². The Labute approximate surface area is 111 Å². The second kappa shape index (κ2) is 7.28. The molecule has 1 rings (SSSR count). The summed E-state index contributed by atoms with van der Waals surface area (Å²) in [5.41, 5.74) is 2.46. The molecule has 1 aromatic rings. The topological polar surface area (TPSA) is 26.3 Å². The van der Waals surface area contributed by atoms with Gasteiger partial charge in [-0.2, -0.15) is 0 Å². The molecule has 0 aliphatic heterocycles. The number of carbonyl (C=O) groups excluding carboxylic acids is 1. The summed E-state index contributed by atoms with van der Waals surface area (Å²) in [4.78, 5) is 11.0. The van der Waals surface area contributed by atoms with Gasteiger partial charge in [0.1, 0.15) is 0 Å². The van der Waals surface area contributed by atoms with Crippen molar-refractivity contribution < 1.29 is 9.53 Å². The van der Waals surface area contributed by atoms with Crippen LogP contribution in [0.25, 0.3) is 5.57 Å². The summed E-state index contributed by atoms with van der Waals surface area (Å²) < 4.78 is 5.69. The molecule has 0 aromatic heterocycles. The van der Waals surface area contributed by atoms with Gasteiger partial charge < -0.3 is 4.74 Å². The fourth-order valence-corrected chi connectivity index (χ4v) is 2.02. The lowest BCUT2D eigenvalue weighted by Crippen LogP contribution is -1.98. The van der Waals surface area contributed by atoms with Gasteiger partial charge in [0.15, 0.2) is 0 Å². The average Bonchev–Trinajstić information content (AvgIpc) is 2.34. The lowest BCUT2D eigenvalue weighted by molar-refractivity contribution is -0.140. The van der Waals surface area contributed by atoms with Crippen molar-refractivity contribution in [2.75, 3.05) is 7.11 Å². The first-order valence-corrected chi connectivity index (χ1v) is 6.48. The summed E-state index contributed by atoms with van der Waals surface area (Å²) in [6, 6.07) is 8.19. The third-order valence-corrected chi connectivity index (χ3v) is 3.04. The highest BCUT2D eigenvalue weighted by Gasteiger charge is 2.01. The molecule has 1 aromatic carbocycles. The molecular weight excluding hydrogens is 280 g/mol. The molecule has 17 heavy (non-hydrogen) atoms. The zero-order chi connectivity index (χ0) is 12.7. The summed E-state index contributed by atoms with van der Waals surface area (Å²) in [6.45, 7) is 2.12. The number of methoxy groups -OCH3 is 1. The van der Waals surface area contributed by atoms with Crippen molar-refractivity contribution >= 4 is 27.5 Å². The van der Waals surface area contributed by atoms with Crippen LogP contribution in [-0.4, -0.2) is 13.1 Å². The molecule has 0 N–H and O–H groups in total. The molecule has 0 heterocycles. The molecule has 0 bridgehead atoms. The van der Waals surface area contributed by atoms with Crippen molar-refractivity contribution in [3.05, 3.63) is 40.4 Å². The fourth-order valence-electron chi connectivity index (χ4n) is 1.62. The largest absolute Gasteiger partial charge is 0.469 e. The van der Waals surface area contributed by atoms with Crippen molar-refractivity contribution in [1.29, 1.82) is 0 Å². The van der Waals surface area contributed by atoms with Crippen LogP contribution in [0.15, 0.2) is 34.8 Å². The van der Waals surface area contributed by atoms with Crippen molar-refractivity contribution in [2.24, 2.45) is 0 Å². The SMILES string of the molecule is CC/C(=C\CCC(=O)OC)c1cccc(Br)c1. The Morgan fingerprint density at radius 3 is 2.82 bits per heavy atom. The molecule has 92 valence electrons. The predicted molar refractivity (Wildman–Crippen MR) is 73.7 cm³/mol. The van der Waals surface area contributed by atoms with Gasteiger partial charge in [-0.15, -0.1) is 0 Å². The van der Waals surface area contributed by atoms with Gasteiger partial charge in [0.2, 0.25) is 0 Å². The summed E-state index contributed by atoms with van der Waals surface area (Å²) >= 11 is 3.46. The lowest BCUT2D eigenvalue weighted by atomic mass is 10.0. The molecule has 0 unspecified atom stereocenters. The van der Waals surface area contributed by atoms with Crippen LogP contribution in [0.3, 0.4) is 0 Å². The van der Waals surface area contributed by atoms with E-state index in [0.717, 1.165) is 17.3 Å². The maximum absolute atomic E-state index is 11.0. The number of benzene rings is 1. The van der Waals surface area contributed by atoms with E-state index in [-0.39, 0.29) is 5.97 Å². The minimum Gasteiger partial charge on any atom is -0.469 e. The number of esters is 1. The zero-order valence-corrected chi connectivity index (χ0v) is 11.8. The van der Waals surface area contributed by atoms with E-state index >= 15 is 0 Å². The minimum atomic E-state index is -0.161. The van der Waals surface area contributed by atoms with Crippen molar-refractivity contribution in [2.45, 2.75) is 26.2 Å².